The minimum absolute atomic E-state index is 0.162. The summed E-state index contributed by atoms with van der Waals surface area (Å²) in [5.74, 6) is 0.469. The van der Waals surface area contributed by atoms with Crippen LogP contribution in [0.25, 0.3) is 10.9 Å². The Bertz CT molecular complexity index is 1330. The molecule has 2 aromatic carbocycles. The molecule has 1 aliphatic heterocycles. The Morgan fingerprint density at radius 3 is 2.29 bits per heavy atom. The first-order chi connectivity index (χ1) is 15.1. The number of furan rings is 1. The Labute approximate surface area is 181 Å². The second kappa shape index (κ2) is 7.88. The smallest absolute Gasteiger partial charge is 0.262 e. The van der Waals surface area contributed by atoms with Crippen molar-refractivity contribution >= 4 is 34.5 Å². The molecule has 31 heavy (non-hydrogen) atoms. The third-order valence-corrected chi connectivity index (χ3v) is 6.10. The average molecular weight is 431 g/mol. The summed E-state index contributed by atoms with van der Waals surface area (Å²) in [6, 6.07) is 17.6. The van der Waals surface area contributed by atoms with Crippen LogP contribution in [0.15, 0.2) is 81.3 Å². The molecule has 0 spiro atoms. The minimum Gasteiger partial charge on any atom is -0.467 e. The predicted octanol–water partition coefficient (Wildman–Crippen LogP) is 3.43. The molecular formula is C23H17N3O4S. The van der Waals surface area contributed by atoms with Crippen LogP contribution in [0.5, 0.6) is 0 Å². The summed E-state index contributed by atoms with van der Waals surface area (Å²) in [7, 11) is 0. The first-order valence-corrected chi connectivity index (χ1v) is 10.7. The summed E-state index contributed by atoms with van der Waals surface area (Å²) in [6.07, 6.45) is 1.56. The number of carbonyl (C=O) groups excluding carboxylic acids is 2. The van der Waals surface area contributed by atoms with Crippen molar-refractivity contribution in [3.8, 4) is 0 Å². The van der Waals surface area contributed by atoms with Gasteiger partial charge in [-0.25, -0.2) is 4.98 Å². The number of fused-ring (bicyclic) bond motifs is 2. The van der Waals surface area contributed by atoms with Crippen molar-refractivity contribution in [2.75, 3.05) is 12.3 Å². The maximum atomic E-state index is 13.1. The fourth-order valence-corrected chi connectivity index (χ4v) is 4.55. The molecule has 8 heteroatoms. The molecule has 7 nitrogen and oxygen atoms in total. The Kier molecular flexibility index (Phi) is 4.91. The van der Waals surface area contributed by atoms with Gasteiger partial charge in [-0.3, -0.25) is 23.9 Å². The van der Waals surface area contributed by atoms with Gasteiger partial charge in [-0.05, 0) is 36.4 Å². The fourth-order valence-electron chi connectivity index (χ4n) is 3.63. The van der Waals surface area contributed by atoms with Crippen molar-refractivity contribution < 1.29 is 14.0 Å². The van der Waals surface area contributed by atoms with Crippen molar-refractivity contribution in [1.29, 1.82) is 0 Å². The van der Waals surface area contributed by atoms with E-state index < -0.39 is 0 Å². The lowest BCUT2D eigenvalue weighted by atomic mass is 10.1. The first kappa shape index (κ1) is 19.3. The first-order valence-electron chi connectivity index (χ1n) is 9.73. The highest BCUT2D eigenvalue weighted by Crippen LogP contribution is 2.24. The molecule has 1 aliphatic rings. The molecule has 0 saturated carbocycles. The molecule has 2 amide bonds. The van der Waals surface area contributed by atoms with Crippen LogP contribution in [0.3, 0.4) is 0 Å². The maximum Gasteiger partial charge on any atom is 0.262 e. The number of rotatable bonds is 6. The number of aromatic nitrogens is 2. The van der Waals surface area contributed by atoms with Gasteiger partial charge >= 0.3 is 0 Å². The van der Waals surface area contributed by atoms with Gasteiger partial charge in [0.25, 0.3) is 17.4 Å². The normalized spacial score (nSPS) is 13.2. The van der Waals surface area contributed by atoms with Gasteiger partial charge in [0.05, 0.1) is 34.8 Å². The molecule has 0 N–H and O–H groups in total. The largest absolute Gasteiger partial charge is 0.467 e. The van der Waals surface area contributed by atoms with Crippen LogP contribution in [0.2, 0.25) is 0 Å². The van der Waals surface area contributed by atoms with Gasteiger partial charge in [0.15, 0.2) is 5.16 Å². The summed E-state index contributed by atoms with van der Waals surface area (Å²) in [5.41, 5.74) is 1.30. The third-order valence-electron chi connectivity index (χ3n) is 5.14. The van der Waals surface area contributed by atoms with E-state index in [-0.39, 0.29) is 30.5 Å². The van der Waals surface area contributed by atoms with Gasteiger partial charge in [-0.2, -0.15) is 0 Å². The number of thioether (sulfide) groups is 1. The van der Waals surface area contributed by atoms with E-state index in [9.17, 15) is 14.4 Å². The van der Waals surface area contributed by atoms with Crippen LogP contribution < -0.4 is 5.56 Å². The van der Waals surface area contributed by atoms with Crippen molar-refractivity contribution in [2.45, 2.75) is 11.7 Å². The molecule has 2 aromatic heterocycles. The highest BCUT2D eigenvalue weighted by molar-refractivity contribution is 7.99. The minimum atomic E-state index is -0.291. The summed E-state index contributed by atoms with van der Waals surface area (Å²) in [5, 5.41) is 1.04. The molecular weight excluding hydrogens is 414 g/mol. The summed E-state index contributed by atoms with van der Waals surface area (Å²) < 4.78 is 6.98. The van der Waals surface area contributed by atoms with Crippen LogP contribution in [0, 0.1) is 0 Å². The van der Waals surface area contributed by atoms with Gasteiger partial charge in [0.2, 0.25) is 0 Å². The van der Waals surface area contributed by atoms with Crippen LogP contribution in [0.1, 0.15) is 26.5 Å². The van der Waals surface area contributed by atoms with E-state index in [2.05, 4.69) is 4.98 Å². The van der Waals surface area contributed by atoms with E-state index in [1.807, 2.05) is 6.07 Å². The van der Waals surface area contributed by atoms with E-state index >= 15 is 0 Å². The van der Waals surface area contributed by atoms with Crippen LogP contribution >= 0.6 is 11.8 Å². The molecule has 5 rings (SSSR count). The lowest BCUT2D eigenvalue weighted by molar-refractivity contribution is 0.0664. The average Bonchev–Trinajstić information content (AvgIpc) is 3.39. The number of carbonyl (C=O) groups is 2. The van der Waals surface area contributed by atoms with Crippen molar-refractivity contribution in [3.63, 3.8) is 0 Å². The SMILES string of the molecule is O=C1c2ccccc2C(=O)N1CCSc1nc2ccccc2c(=O)n1Cc1ccco1. The lowest BCUT2D eigenvalue weighted by Crippen LogP contribution is -2.32. The molecule has 4 aromatic rings. The second-order valence-corrected chi connectivity index (χ2v) is 8.10. The lowest BCUT2D eigenvalue weighted by Gasteiger charge is -2.15. The van der Waals surface area contributed by atoms with E-state index in [4.69, 9.17) is 4.42 Å². The molecule has 0 bridgehead atoms. The van der Waals surface area contributed by atoms with E-state index in [0.29, 0.717) is 38.7 Å². The molecule has 154 valence electrons. The molecule has 3 heterocycles. The number of amides is 2. The molecule has 0 fully saturated rings. The van der Waals surface area contributed by atoms with Gasteiger partial charge in [0, 0.05) is 12.3 Å². The van der Waals surface area contributed by atoms with E-state index in [1.54, 1.807) is 65.4 Å². The van der Waals surface area contributed by atoms with E-state index in [1.165, 1.54) is 16.7 Å². The molecule has 0 atom stereocenters. The molecule has 0 radical (unpaired) electrons. The Morgan fingerprint density at radius 1 is 0.871 bits per heavy atom. The van der Waals surface area contributed by atoms with Gasteiger partial charge in [-0.1, -0.05) is 36.0 Å². The Balaban J connectivity index is 1.41. The second-order valence-electron chi connectivity index (χ2n) is 7.04. The zero-order chi connectivity index (χ0) is 21.4. The van der Waals surface area contributed by atoms with Crippen LogP contribution in [-0.4, -0.2) is 38.6 Å². The van der Waals surface area contributed by atoms with Crippen molar-refractivity contribution in [2.24, 2.45) is 0 Å². The predicted molar refractivity (Wildman–Crippen MR) is 116 cm³/mol. The number of benzene rings is 2. The maximum absolute atomic E-state index is 13.1. The molecule has 0 saturated heterocycles. The zero-order valence-corrected chi connectivity index (χ0v) is 17.2. The Hall–Kier alpha value is -3.65. The van der Waals surface area contributed by atoms with Gasteiger partial charge in [0.1, 0.15) is 5.76 Å². The topological polar surface area (TPSA) is 85.4 Å². The summed E-state index contributed by atoms with van der Waals surface area (Å²) >= 11 is 1.33. The summed E-state index contributed by atoms with van der Waals surface area (Å²) in [4.78, 5) is 44.1. The fraction of sp³-hybridized carbons (Fsp3) is 0.130. The number of nitrogens with zero attached hydrogens (tertiary/aromatic N) is 3. The number of hydrogen-bond donors (Lipinski definition) is 0. The highest BCUT2D eigenvalue weighted by atomic mass is 32.2. The number of para-hydroxylation sites is 1. The van der Waals surface area contributed by atoms with Crippen molar-refractivity contribution in [1.82, 2.24) is 14.5 Å². The number of hydrogen-bond acceptors (Lipinski definition) is 6. The van der Waals surface area contributed by atoms with Gasteiger partial charge in [-0.15, -0.1) is 0 Å². The quantitative estimate of drug-likeness (QED) is 0.264. The van der Waals surface area contributed by atoms with Crippen LogP contribution in [0.4, 0.5) is 0 Å². The molecule has 0 unspecified atom stereocenters. The summed E-state index contributed by atoms with van der Waals surface area (Å²) in [6.45, 7) is 0.472. The standard InChI is InChI=1S/C23H17N3O4S/c27-20-16-7-1-2-8-17(16)21(28)25(20)11-13-31-23-24-19-10-4-3-9-18(19)22(29)26(23)14-15-6-5-12-30-15/h1-10,12H,11,13-14H2. The monoisotopic (exact) mass is 431 g/mol. The van der Waals surface area contributed by atoms with E-state index in [0.717, 1.165) is 0 Å². The van der Waals surface area contributed by atoms with Crippen LogP contribution in [-0.2, 0) is 6.54 Å². The third kappa shape index (κ3) is 3.44. The van der Waals surface area contributed by atoms with Gasteiger partial charge < -0.3 is 4.42 Å². The highest BCUT2D eigenvalue weighted by Gasteiger charge is 2.34. The zero-order valence-electron chi connectivity index (χ0n) is 16.4. The number of imide groups is 1. The van der Waals surface area contributed by atoms with Crippen molar-refractivity contribution in [3.05, 3.63) is 94.2 Å². The Morgan fingerprint density at radius 2 is 1.58 bits per heavy atom. The molecule has 0 aliphatic carbocycles.